The number of hydrogen-bond acceptors (Lipinski definition) is 2. The lowest BCUT2D eigenvalue weighted by Gasteiger charge is -2.21. The molecule has 3 nitrogen and oxygen atoms in total. The maximum atomic E-state index is 9.19. The first-order valence-corrected chi connectivity index (χ1v) is 5.30. The van der Waals surface area contributed by atoms with Gasteiger partial charge in [-0.05, 0) is 26.8 Å². The molecule has 0 fully saturated rings. The van der Waals surface area contributed by atoms with Gasteiger partial charge in [0.2, 0.25) is 0 Å². The molecule has 0 aliphatic heterocycles. The van der Waals surface area contributed by atoms with Crippen LogP contribution in [0.4, 0.5) is 5.82 Å². The van der Waals surface area contributed by atoms with Gasteiger partial charge in [-0.15, -0.1) is 0 Å². The van der Waals surface area contributed by atoms with E-state index >= 15 is 0 Å². The third-order valence-electron chi connectivity index (χ3n) is 2.32. The Labute approximate surface area is 95.1 Å². The fourth-order valence-electron chi connectivity index (χ4n) is 1.73. The number of nitriles is 1. The molecule has 0 bridgehead atoms. The number of para-hydroxylation sites is 1. The number of aromatic amines is 1. The van der Waals surface area contributed by atoms with Crippen LogP contribution in [-0.2, 0) is 0 Å². The molecule has 82 valence electrons. The Morgan fingerprint density at radius 1 is 1.25 bits per heavy atom. The number of benzene rings is 1. The van der Waals surface area contributed by atoms with Crippen molar-refractivity contribution in [1.82, 2.24) is 4.98 Å². The summed E-state index contributed by atoms with van der Waals surface area (Å²) >= 11 is 0. The van der Waals surface area contributed by atoms with Crippen LogP contribution in [0.3, 0.4) is 0 Å². The number of fused-ring (bicyclic) bond motifs is 1. The predicted molar refractivity (Wildman–Crippen MR) is 66.4 cm³/mol. The molecule has 0 saturated carbocycles. The topological polar surface area (TPSA) is 51.6 Å². The van der Waals surface area contributed by atoms with Crippen molar-refractivity contribution in [1.29, 1.82) is 5.26 Å². The zero-order valence-electron chi connectivity index (χ0n) is 9.76. The first-order valence-electron chi connectivity index (χ1n) is 5.30. The van der Waals surface area contributed by atoms with Gasteiger partial charge >= 0.3 is 0 Å². The molecule has 1 aromatic heterocycles. The lowest BCUT2D eigenvalue weighted by Crippen LogP contribution is -2.26. The van der Waals surface area contributed by atoms with Gasteiger partial charge in [-0.25, -0.2) is 0 Å². The molecular formula is C13H15N3. The SMILES string of the molecule is CC(C)(C)Nc1[nH]c2ccccc2c1C#N. The quantitative estimate of drug-likeness (QED) is 0.764. The van der Waals surface area contributed by atoms with Crippen molar-refractivity contribution in [3.63, 3.8) is 0 Å². The molecule has 0 amide bonds. The molecular weight excluding hydrogens is 198 g/mol. The number of H-pyrrole nitrogens is 1. The lowest BCUT2D eigenvalue weighted by molar-refractivity contribution is 0.631. The van der Waals surface area contributed by atoms with Crippen LogP contribution < -0.4 is 5.32 Å². The van der Waals surface area contributed by atoms with Gasteiger partial charge in [0, 0.05) is 16.4 Å². The van der Waals surface area contributed by atoms with Crippen LogP contribution >= 0.6 is 0 Å². The van der Waals surface area contributed by atoms with E-state index in [4.69, 9.17) is 0 Å². The summed E-state index contributed by atoms with van der Waals surface area (Å²) in [6.45, 7) is 6.21. The van der Waals surface area contributed by atoms with Gasteiger partial charge < -0.3 is 10.3 Å². The van der Waals surface area contributed by atoms with Crippen LogP contribution in [0.15, 0.2) is 24.3 Å². The van der Waals surface area contributed by atoms with Crippen LogP contribution in [0.2, 0.25) is 0 Å². The molecule has 0 aliphatic carbocycles. The number of rotatable bonds is 1. The molecule has 0 radical (unpaired) electrons. The van der Waals surface area contributed by atoms with E-state index in [-0.39, 0.29) is 5.54 Å². The Morgan fingerprint density at radius 2 is 1.94 bits per heavy atom. The maximum Gasteiger partial charge on any atom is 0.123 e. The standard InChI is InChI=1S/C13H15N3/c1-13(2,3)16-12-10(8-14)9-6-4-5-7-11(9)15-12/h4-7,15-16H,1-3H3. The third kappa shape index (κ3) is 1.87. The molecule has 2 rings (SSSR count). The van der Waals surface area contributed by atoms with Gasteiger partial charge in [0.05, 0.1) is 0 Å². The van der Waals surface area contributed by atoms with E-state index in [0.29, 0.717) is 5.56 Å². The van der Waals surface area contributed by atoms with Gasteiger partial charge in [0.1, 0.15) is 17.5 Å². The molecule has 0 aliphatic rings. The minimum Gasteiger partial charge on any atom is -0.366 e. The lowest BCUT2D eigenvalue weighted by atomic mass is 10.1. The molecule has 16 heavy (non-hydrogen) atoms. The normalized spacial score (nSPS) is 11.4. The highest BCUT2D eigenvalue weighted by molar-refractivity contribution is 5.91. The molecule has 0 spiro atoms. The summed E-state index contributed by atoms with van der Waals surface area (Å²) in [6, 6.07) is 10.1. The summed E-state index contributed by atoms with van der Waals surface area (Å²) in [7, 11) is 0. The van der Waals surface area contributed by atoms with Crippen LogP contribution in [0.1, 0.15) is 26.3 Å². The first-order chi connectivity index (χ1) is 7.51. The summed E-state index contributed by atoms with van der Waals surface area (Å²) in [4.78, 5) is 3.24. The third-order valence-corrected chi connectivity index (χ3v) is 2.32. The smallest absolute Gasteiger partial charge is 0.123 e. The fraction of sp³-hybridized carbons (Fsp3) is 0.308. The number of nitrogens with one attached hydrogen (secondary N) is 2. The van der Waals surface area contributed by atoms with E-state index in [1.165, 1.54) is 0 Å². The van der Waals surface area contributed by atoms with Gasteiger partial charge in [-0.1, -0.05) is 18.2 Å². The minimum absolute atomic E-state index is 0.0630. The second-order valence-electron chi connectivity index (χ2n) is 4.91. The van der Waals surface area contributed by atoms with Gasteiger partial charge in [-0.3, -0.25) is 0 Å². The monoisotopic (exact) mass is 213 g/mol. The Kier molecular flexibility index (Phi) is 2.35. The summed E-state index contributed by atoms with van der Waals surface area (Å²) in [6.07, 6.45) is 0. The Bertz CT molecular complexity index is 553. The van der Waals surface area contributed by atoms with E-state index in [2.05, 4.69) is 37.1 Å². The highest BCUT2D eigenvalue weighted by atomic mass is 15.0. The zero-order chi connectivity index (χ0) is 11.8. The number of anilines is 1. The average molecular weight is 213 g/mol. The average Bonchev–Trinajstić information content (AvgIpc) is 2.51. The van der Waals surface area contributed by atoms with Crippen molar-refractivity contribution >= 4 is 16.7 Å². The summed E-state index contributed by atoms with van der Waals surface area (Å²) < 4.78 is 0. The predicted octanol–water partition coefficient (Wildman–Crippen LogP) is 3.25. The Balaban J connectivity index is 2.58. The number of hydrogen-bond donors (Lipinski definition) is 2. The van der Waals surface area contributed by atoms with E-state index < -0.39 is 0 Å². The second-order valence-corrected chi connectivity index (χ2v) is 4.91. The van der Waals surface area contributed by atoms with Crippen molar-refractivity contribution in [3.05, 3.63) is 29.8 Å². The van der Waals surface area contributed by atoms with Crippen LogP contribution in [0, 0.1) is 11.3 Å². The highest BCUT2D eigenvalue weighted by Crippen LogP contribution is 2.27. The summed E-state index contributed by atoms with van der Waals surface area (Å²) in [5.74, 6) is 0.802. The zero-order valence-corrected chi connectivity index (χ0v) is 9.76. The largest absolute Gasteiger partial charge is 0.366 e. The van der Waals surface area contributed by atoms with Gasteiger partial charge in [0.25, 0.3) is 0 Å². The van der Waals surface area contributed by atoms with Crippen molar-refractivity contribution in [2.75, 3.05) is 5.32 Å². The van der Waals surface area contributed by atoms with Crippen molar-refractivity contribution in [2.45, 2.75) is 26.3 Å². The summed E-state index contributed by atoms with van der Waals surface area (Å²) in [5, 5.41) is 13.5. The molecule has 1 aromatic carbocycles. The molecule has 0 unspecified atom stereocenters. The molecule has 1 heterocycles. The molecule has 0 saturated heterocycles. The molecule has 3 heteroatoms. The van der Waals surface area contributed by atoms with Gasteiger partial charge in [0.15, 0.2) is 0 Å². The minimum atomic E-state index is -0.0630. The Morgan fingerprint density at radius 3 is 2.56 bits per heavy atom. The van der Waals surface area contributed by atoms with Crippen molar-refractivity contribution in [3.8, 4) is 6.07 Å². The first kappa shape index (κ1) is 10.6. The van der Waals surface area contributed by atoms with Crippen LogP contribution in [0.5, 0.6) is 0 Å². The molecule has 0 atom stereocenters. The number of nitrogens with zero attached hydrogens (tertiary/aromatic N) is 1. The Hall–Kier alpha value is -1.95. The number of aromatic nitrogens is 1. The highest BCUT2D eigenvalue weighted by Gasteiger charge is 2.16. The van der Waals surface area contributed by atoms with E-state index in [9.17, 15) is 5.26 Å². The second kappa shape index (κ2) is 3.57. The maximum absolute atomic E-state index is 9.19. The van der Waals surface area contributed by atoms with Crippen molar-refractivity contribution in [2.24, 2.45) is 0 Å². The van der Waals surface area contributed by atoms with Gasteiger partial charge in [-0.2, -0.15) is 5.26 Å². The summed E-state index contributed by atoms with van der Waals surface area (Å²) in [5.41, 5.74) is 1.61. The van der Waals surface area contributed by atoms with Crippen LogP contribution in [0.25, 0.3) is 10.9 Å². The van der Waals surface area contributed by atoms with Crippen molar-refractivity contribution < 1.29 is 0 Å². The molecule has 2 aromatic rings. The molecule has 2 N–H and O–H groups in total. The van der Waals surface area contributed by atoms with E-state index in [1.807, 2.05) is 24.3 Å². The van der Waals surface area contributed by atoms with E-state index in [1.54, 1.807) is 0 Å². The fourth-order valence-corrected chi connectivity index (χ4v) is 1.73. The van der Waals surface area contributed by atoms with Crippen LogP contribution in [-0.4, -0.2) is 10.5 Å². The van der Waals surface area contributed by atoms with E-state index in [0.717, 1.165) is 16.7 Å².